The quantitative estimate of drug-likeness (QED) is 0.793. The standard InChI is InChI=1S/C11H16N2O3/c1-3-4-9(11(14)15)16-8-6-5-7(2)13-10(8)12/h5-6,9H,3-4H2,1-2H3,(H2,12,13)(H,14,15). The fraction of sp³-hybridized carbons (Fsp3) is 0.455. The van der Waals surface area contributed by atoms with Gasteiger partial charge in [-0.25, -0.2) is 9.78 Å². The van der Waals surface area contributed by atoms with E-state index in [0.29, 0.717) is 12.2 Å². The van der Waals surface area contributed by atoms with Crippen molar-refractivity contribution in [2.24, 2.45) is 0 Å². The molecule has 0 aliphatic heterocycles. The zero-order chi connectivity index (χ0) is 12.1. The normalized spacial score (nSPS) is 12.1. The van der Waals surface area contributed by atoms with Crippen LogP contribution in [0.5, 0.6) is 5.75 Å². The fourth-order valence-corrected chi connectivity index (χ4v) is 1.31. The lowest BCUT2D eigenvalue weighted by Crippen LogP contribution is -2.27. The molecule has 0 aliphatic rings. The van der Waals surface area contributed by atoms with E-state index >= 15 is 0 Å². The fourth-order valence-electron chi connectivity index (χ4n) is 1.31. The number of nitrogens with two attached hydrogens (primary N) is 1. The molecule has 5 heteroatoms. The van der Waals surface area contributed by atoms with Crippen molar-refractivity contribution in [3.8, 4) is 5.75 Å². The van der Waals surface area contributed by atoms with Crippen LogP contribution in [-0.4, -0.2) is 22.2 Å². The number of aryl methyl sites for hydroxylation is 1. The van der Waals surface area contributed by atoms with Gasteiger partial charge in [-0.05, 0) is 25.5 Å². The third-order valence-corrected chi connectivity index (χ3v) is 2.12. The number of nitrogen functional groups attached to an aromatic ring is 1. The Morgan fingerprint density at radius 1 is 1.62 bits per heavy atom. The molecule has 0 bridgehead atoms. The minimum atomic E-state index is -0.984. The van der Waals surface area contributed by atoms with E-state index in [1.165, 1.54) is 0 Å². The summed E-state index contributed by atoms with van der Waals surface area (Å²) in [5, 5.41) is 8.92. The summed E-state index contributed by atoms with van der Waals surface area (Å²) in [5.74, 6) is -0.435. The largest absolute Gasteiger partial charge is 0.479 e. The molecule has 1 unspecified atom stereocenters. The van der Waals surface area contributed by atoms with Gasteiger partial charge in [-0.2, -0.15) is 0 Å². The summed E-state index contributed by atoms with van der Waals surface area (Å²) in [5.41, 5.74) is 6.41. The molecule has 1 aromatic heterocycles. The molecule has 0 amide bonds. The molecular weight excluding hydrogens is 208 g/mol. The first-order valence-electron chi connectivity index (χ1n) is 5.17. The second-order valence-electron chi connectivity index (χ2n) is 3.57. The third kappa shape index (κ3) is 3.12. The average molecular weight is 224 g/mol. The van der Waals surface area contributed by atoms with Crippen molar-refractivity contribution < 1.29 is 14.6 Å². The van der Waals surface area contributed by atoms with Gasteiger partial charge in [0.1, 0.15) is 0 Å². The Labute approximate surface area is 94.2 Å². The first-order valence-corrected chi connectivity index (χ1v) is 5.17. The Bertz CT molecular complexity index is 379. The maximum atomic E-state index is 10.9. The molecule has 0 radical (unpaired) electrons. The van der Waals surface area contributed by atoms with Crippen LogP contribution in [0.4, 0.5) is 5.82 Å². The van der Waals surface area contributed by atoms with Crippen molar-refractivity contribution in [2.75, 3.05) is 5.73 Å². The number of carboxylic acid groups (broad SMARTS) is 1. The Hall–Kier alpha value is -1.78. The molecule has 1 heterocycles. The number of aliphatic carboxylic acids is 1. The second kappa shape index (κ2) is 5.34. The molecular formula is C11H16N2O3. The number of rotatable bonds is 5. The summed E-state index contributed by atoms with van der Waals surface area (Å²) in [6, 6.07) is 3.37. The SMILES string of the molecule is CCCC(Oc1ccc(C)nc1N)C(=O)O. The highest BCUT2D eigenvalue weighted by molar-refractivity contribution is 5.73. The molecule has 1 aromatic rings. The van der Waals surface area contributed by atoms with Gasteiger partial charge in [-0.3, -0.25) is 0 Å². The van der Waals surface area contributed by atoms with Crippen LogP contribution < -0.4 is 10.5 Å². The number of anilines is 1. The first-order chi connectivity index (χ1) is 7.54. The number of pyridine rings is 1. The number of hydrogen-bond acceptors (Lipinski definition) is 4. The molecule has 16 heavy (non-hydrogen) atoms. The van der Waals surface area contributed by atoms with Crippen molar-refractivity contribution in [1.82, 2.24) is 4.98 Å². The summed E-state index contributed by atoms with van der Waals surface area (Å²) >= 11 is 0. The van der Waals surface area contributed by atoms with Crippen LogP contribution >= 0.6 is 0 Å². The number of hydrogen-bond donors (Lipinski definition) is 2. The van der Waals surface area contributed by atoms with E-state index in [0.717, 1.165) is 12.1 Å². The summed E-state index contributed by atoms with van der Waals surface area (Å²) in [6.07, 6.45) is 0.315. The Kier molecular flexibility index (Phi) is 4.10. The van der Waals surface area contributed by atoms with Crippen LogP contribution in [0.25, 0.3) is 0 Å². The topological polar surface area (TPSA) is 85.4 Å². The third-order valence-electron chi connectivity index (χ3n) is 2.12. The van der Waals surface area contributed by atoms with Gasteiger partial charge in [0.25, 0.3) is 0 Å². The summed E-state index contributed by atoms with van der Waals surface area (Å²) in [7, 11) is 0. The molecule has 0 aromatic carbocycles. The number of ether oxygens (including phenoxy) is 1. The lowest BCUT2D eigenvalue weighted by atomic mass is 10.2. The van der Waals surface area contributed by atoms with Crippen LogP contribution in [0.15, 0.2) is 12.1 Å². The highest BCUT2D eigenvalue weighted by Crippen LogP contribution is 2.21. The van der Waals surface area contributed by atoms with Gasteiger partial charge in [-0.15, -0.1) is 0 Å². The monoisotopic (exact) mass is 224 g/mol. The van der Waals surface area contributed by atoms with E-state index in [9.17, 15) is 4.79 Å². The molecule has 0 fully saturated rings. The minimum Gasteiger partial charge on any atom is -0.479 e. The number of carbonyl (C=O) groups is 1. The second-order valence-corrected chi connectivity index (χ2v) is 3.57. The zero-order valence-electron chi connectivity index (χ0n) is 9.43. The highest BCUT2D eigenvalue weighted by Gasteiger charge is 2.19. The maximum Gasteiger partial charge on any atom is 0.344 e. The van der Waals surface area contributed by atoms with E-state index in [1.807, 2.05) is 6.92 Å². The first kappa shape index (κ1) is 12.3. The van der Waals surface area contributed by atoms with Gasteiger partial charge in [0.05, 0.1) is 0 Å². The van der Waals surface area contributed by atoms with Gasteiger partial charge >= 0.3 is 5.97 Å². The molecule has 3 N–H and O–H groups in total. The molecule has 0 spiro atoms. The number of carboxylic acids is 1. The van der Waals surface area contributed by atoms with Gasteiger partial charge in [0.15, 0.2) is 17.7 Å². The molecule has 0 saturated heterocycles. The van der Waals surface area contributed by atoms with E-state index in [-0.39, 0.29) is 5.82 Å². The van der Waals surface area contributed by atoms with Crippen molar-refractivity contribution >= 4 is 11.8 Å². The Morgan fingerprint density at radius 3 is 2.81 bits per heavy atom. The van der Waals surface area contributed by atoms with Crippen molar-refractivity contribution in [3.63, 3.8) is 0 Å². The van der Waals surface area contributed by atoms with Crippen molar-refractivity contribution in [3.05, 3.63) is 17.8 Å². The van der Waals surface area contributed by atoms with E-state index in [2.05, 4.69) is 4.98 Å². The van der Waals surface area contributed by atoms with Gasteiger partial charge in [0.2, 0.25) is 0 Å². The molecule has 1 atom stereocenters. The summed E-state index contributed by atoms with van der Waals surface area (Å²) in [6.45, 7) is 3.71. The summed E-state index contributed by atoms with van der Waals surface area (Å²) in [4.78, 5) is 14.9. The smallest absolute Gasteiger partial charge is 0.344 e. The minimum absolute atomic E-state index is 0.224. The van der Waals surface area contributed by atoms with Gasteiger partial charge < -0.3 is 15.6 Å². The number of nitrogens with zero attached hydrogens (tertiary/aromatic N) is 1. The van der Waals surface area contributed by atoms with Crippen molar-refractivity contribution in [1.29, 1.82) is 0 Å². The Balaban J connectivity index is 2.81. The zero-order valence-corrected chi connectivity index (χ0v) is 9.43. The highest BCUT2D eigenvalue weighted by atomic mass is 16.5. The van der Waals surface area contributed by atoms with Gasteiger partial charge in [-0.1, -0.05) is 13.3 Å². The van der Waals surface area contributed by atoms with E-state index in [1.54, 1.807) is 19.1 Å². The number of aromatic nitrogens is 1. The summed E-state index contributed by atoms with van der Waals surface area (Å²) < 4.78 is 5.32. The van der Waals surface area contributed by atoms with Crippen LogP contribution in [0.1, 0.15) is 25.5 Å². The van der Waals surface area contributed by atoms with Crippen LogP contribution in [0.2, 0.25) is 0 Å². The van der Waals surface area contributed by atoms with E-state index < -0.39 is 12.1 Å². The lowest BCUT2D eigenvalue weighted by molar-refractivity contribution is -0.145. The van der Waals surface area contributed by atoms with Crippen LogP contribution in [0.3, 0.4) is 0 Å². The molecule has 1 rings (SSSR count). The average Bonchev–Trinajstić information content (AvgIpc) is 2.20. The van der Waals surface area contributed by atoms with Crippen molar-refractivity contribution in [2.45, 2.75) is 32.8 Å². The lowest BCUT2D eigenvalue weighted by Gasteiger charge is -2.15. The Morgan fingerprint density at radius 2 is 2.31 bits per heavy atom. The molecule has 88 valence electrons. The van der Waals surface area contributed by atoms with Gasteiger partial charge in [0, 0.05) is 5.69 Å². The molecule has 0 aliphatic carbocycles. The predicted octanol–water partition coefficient (Wildman–Crippen LogP) is 1.60. The molecule has 5 nitrogen and oxygen atoms in total. The van der Waals surface area contributed by atoms with Crippen LogP contribution in [-0.2, 0) is 4.79 Å². The maximum absolute atomic E-state index is 10.9. The van der Waals surface area contributed by atoms with E-state index in [4.69, 9.17) is 15.6 Å². The molecule has 0 saturated carbocycles. The van der Waals surface area contributed by atoms with Crippen LogP contribution in [0, 0.1) is 6.92 Å². The predicted molar refractivity (Wildman–Crippen MR) is 60.3 cm³/mol.